The van der Waals surface area contributed by atoms with E-state index < -0.39 is 11.7 Å². The number of carbonyl (C=O) groups is 2. The normalized spacial score (nSPS) is 11.8. The molecule has 2 amide bonds. The predicted octanol–water partition coefficient (Wildman–Crippen LogP) is 4.85. The van der Waals surface area contributed by atoms with Crippen molar-refractivity contribution >= 4 is 23.2 Å². The van der Waals surface area contributed by atoms with Gasteiger partial charge < -0.3 is 10.2 Å². The van der Waals surface area contributed by atoms with E-state index >= 15 is 0 Å². The molecule has 30 heavy (non-hydrogen) atoms. The molecule has 9 heteroatoms. The first-order valence-electron chi connectivity index (χ1n) is 9.66. The van der Waals surface area contributed by atoms with Gasteiger partial charge in [-0.1, -0.05) is 27.7 Å². The third-order valence-electron chi connectivity index (χ3n) is 4.11. The van der Waals surface area contributed by atoms with Gasteiger partial charge in [0.05, 0.1) is 12.1 Å². The molecule has 2 rings (SSSR count). The number of nitrogens with zero attached hydrogens (tertiary/aromatic N) is 2. The summed E-state index contributed by atoms with van der Waals surface area (Å²) in [4.78, 5) is 30.9. The molecule has 1 N–H and O–H groups in total. The van der Waals surface area contributed by atoms with Crippen molar-refractivity contribution in [3.8, 4) is 0 Å². The quantitative estimate of drug-likeness (QED) is 0.637. The molecule has 0 fully saturated rings. The zero-order valence-corrected chi connectivity index (χ0v) is 18.2. The summed E-state index contributed by atoms with van der Waals surface area (Å²) in [5.41, 5.74) is -0.330. The first kappa shape index (κ1) is 23.9. The molecule has 0 saturated carbocycles. The highest BCUT2D eigenvalue weighted by atomic mass is 32.1. The van der Waals surface area contributed by atoms with Crippen LogP contribution in [0.15, 0.2) is 29.6 Å². The molecule has 0 aliphatic rings. The fourth-order valence-corrected chi connectivity index (χ4v) is 3.47. The van der Waals surface area contributed by atoms with Gasteiger partial charge in [0.25, 0.3) is 11.8 Å². The van der Waals surface area contributed by atoms with E-state index in [0.717, 1.165) is 12.1 Å². The van der Waals surface area contributed by atoms with Crippen LogP contribution in [-0.4, -0.2) is 34.8 Å². The van der Waals surface area contributed by atoms with Crippen molar-refractivity contribution in [3.63, 3.8) is 0 Å². The molecule has 0 saturated heterocycles. The van der Waals surface area contributed by atoms with Crippen LogP contribution < -0.4 is 5.32 Å². The summed E-state index contributed by atoms with van der Waals surface area (Å²) in [5.74, 6) is -0.179. The first-order chi connectivity index (χ1) is 14.0. The SMILES string of the molecule is CC(C)CNC(=O)c1csc(CN(CC(C)C)C(=O)c2ccc(C(F)(F)F)cc2)n1. The topological polar surface area (TPSA) is 62.3 Å². The van der Waals surface area contributed by atoms with Gasteiger partial charge in [-0.2, -0.15) is 13.2 Å². The van der Waals surface area contributed by atoms with Gasteiger partial charge in [0.15, 0.2) is 0 Å². The fourth-order valence-electron chi connectivity index (χ4n) is 2.68. The van der Waals surface area contributed by atoms with E-state index in [1.54, 1.807) is 10.3 Å². The standard InChI is InChI=1S/C21H26F3N3O2S/c1-13(2)9-25-19(28)17-12-30-18(26-17)11-27(10-14(3)4)20(29)15-5-7-16(8-6-15)21(22,23)24/h5-8,12-14H,9-11H2,1-4H3,(H,25,28). The van der Waals surface area contributed by atoms with Crippen molar-refractivity contribution in [2.24, 2.45) is 11.8 Å². The van der Waals surface area contributed by atoms with E-state index in [9.17, 15) is 22.8 Å². The lowest BCUT2D eigenvalue weighted by Gasteiger charge is -2.24. The van der Waals surface area contributed by atoms with Crippen molar-refractivity contribution in [1.29, 1.82) is 0 Å². The van der Waals surface area contributed by atoms with Gasteiger partial charge in [-0.05, 0) is 36.1 Å². The van der Waals surface area contributed by atoms with E-state index in [1.807, 2.05) is 27.7 Å². The van der Waals surface area contributed by atoms with E-state index in [1.165, 1.54) is 23.5 Å². The van der Waals surface area contributed by atoms with Gasteiger partial charge in [-0.3, -0.25) is 9.59 Å². The molecule has 0 radical (unpaired) electrons. The number of alkyl halides is 3. The zero-order chi connectivity index (χ0) is 22.5. The Morgan fingerprint density at radius 3 is 2.27 bits per heavy atom. The Morgan fingerprint density at radius 2 is 1.73 bits per heavy atom. The summed E-state index contributed by atoms with van der Waals surface area (Å²) < 4.78 is 38.3. The van der Waals surface area contributed by atoms with Gasteiger partial charge in [0.2, 0.25) is 0 Å². The van der Waals surface area contributed by atoms with E-state index in [2.05, 4.69) is 10.3 Å². The molecule has 1 aromatic heterocycles. The molecule has 0 aliphatic carbocycles. The maximum Gasteiger partial charge on any atom is 0.416 e. The predicted molar refractivity (Wildman–Crippen MR) is 110 cm³/mol. The average molecular weight is 442 g/mol. The van der Waals surface area contributed by atoms with Crippen molar-refractivity contribution < 1.29 is 22.8 Å². The highest BCUT2D eigenvalue weighted by molar-refractivity contribution is 7.09. The lowest BCUT2D eigenvalue weighted by Crippen LogP contribution is -2.34. The number of carbonyl (C=O) groups excluding carboxylic acids is 2. The summed E-state index contributed by atoms with van der Waals surface area (Å²) >= 11 is 1.27. The Hall–Kier alpha value is -2.42. The molecular weight excluding hydrogens is 415 g/mol. The minimum Gasteiger partial charge on any atom is -0.350 e. The molecule has 0 bridgehead atoms. The summed E-state index contributed by atoms with van der Waals surface area (Å²) in [6.07, 6.45) is -4.45. The number of rotatable bonds is 8. The van der Waals surface area contributed by atoms with E-state index in [0.29, 0.717) is 29.7 Å². The first-order valence-corrected chi connectivity index (χ1v) is 10.5. The molecule has 2 aromatic rings. The monoisotopic (exact) mass is 441 g/mol. The number of nitrogens with one attached hydrogen (secondary N) is 1. The van der Waals surface area contributed by atoms with Crippen LogP contribution in [-0.2, 0) is 12.7 Å². The maximum absolute atomic E-state index is 12.9. The number of hydrogen-bond donors (Lipinski definition) is 1. The van der Waals surface area contributed by atoms with Crippen molar-refractivity contribution in [3.05, 3.63) is 51.5 Å². The maximum atomic E-state index is 12.9. The van der Waals surface area contributed by atoms with Crippen LogP contribution in [0.4, 0.5) is 13.2 Å². The third-order valence-corrected chi connectivity index (χ3v) is 4.95. The Bertz CT molecular complexity index is 861. The van der Waals surface area contributed by atoms with Gasteiger partial charge in [-0.15, -0.1) is 11.3 Å². The molecule has 5 nitrogen and oxygen atoms in total. The van der Waals surface area contributed by atoms with Crippen LogP contribution in [0.5, 0.6) is 0 Å². The zero-order valence-electron chi connectivity index (χ0n) is 17.4. The Kier molecular flexibility index (Phi) is 8.00. The Morgan fingerprint density at radius 1 is 1.10 bits per heavy atom. The van der Waals surface area contributed by atoms with Crippen molar-refractivity contribution in [1.82, 2.24) is 15.2 Å². The van der Waals surface area contributed by atoms with Gasteiger partial charge in [-0.25, -0.2) is 4.98 Å². The molecule has 164 valence electrons. The van der Waals surface area contributed by atoms with Gasteiger partial charge in [0, 0.05) is 24.0 Å². The van der Waals surface area contributed by atoms with Crippen LogP contribution in [0.25, 0.3) is 0 Å². The second-order valence-electron chi connectivity index (χ2n) is 7.88. The number of amides is 2. The Balaban J connectivity index is 2.14. The van der Waals surface area contributed by atoms with Crippen LogP contribution in [0, 0.1) is 11.8 Å². The number of benzene rings is 1. The fraction of sp³-hybridized carbons (Fsp3) is 0.476. The van der Waals surface area contributed by atoms with Crippen molar-refractivity contribution in [2.75, 3.05) is 13.1 Å². The highest BCUT2D eigenvalue weighted by Gasteiger charge is 2.30. The minimum atomic E-state index is -4.45. The van der Waals surface area contributed by atoms with Crippen LogP contribution >= 0.6 is 11.3 Å². The lowest BCUT2D eigenvalue weighted by atomic mass is 10.1. The summed E-state index contributed by atoms with van der Waals surface area (Å²) in [5, 5.41) is 5.02. The largest absolute Gasteiger partial charge is 0.416 e. The van der Waals surface area contributed by atoms with Crippen molar-refractivity contribution in [2.45, 2.75) is 40.4 Å². The van der Waals surface area contributed by atoms with Gasteiger partial charge in [0.1, 0.15) is 10.7 Å². The molecule has 0 aliphatic heterocycles. The second kappa shape index (κ2) is 10.1. The Labute approximate surface area is 178 Å². The third kappa shape index (κ3) is 6.83. The highest BCUT2D eigenvalue weighted by Crippen LogP contribution is 2.29. The van der Waals surface area contributed by atoms with Crippen LogP contribution in [0.1, 0.15) is 59.1 Å². The summed E-state index contributed by atoms with van der Waals surface area (Å²) in [7, 11) is 0. The smallest absolute Gasteiger partial charge is 0.350 e. The molecule has 1 heterocycles. The van der Waals surface area contributed by atoms with Gasteiger partial charge >= 0.3 is 6.18 Å². The molecule has 0 spiro atoms. The summed E-state index contributed by atoms with van der Waals surface area (Å²) in [6, 6.07) is 4.18. The summed E-state index contributed by atoms with van der Waals surface area (Å²) in [6.45, 7) is 9.00. The van der Waals surface area contributed by atoms with Crippen LogP contribution in [0.3, 0.4) is 0 Å². The molecule has 1 aromatic carbocycles. The number of hydrogen-bond acceptors (Lipinski definition) is 4. The van der Waals surface area contributed by atoms with E-state index in [4.69, 9.17) is 0 Å². The second-order valence-corrected chi connectivity index (χ2v) is 8.83. The number of aromatic nitrogens is 1. The average Bonchev–Trinajstić information content (AvgIpc) is 3.12. The molecule has 0 unspecified atom stereocenters. The molecular formula is C21H26F3N3O2S. The van der Waals surface area contributed by atoms with Crippen LogP contribution in [0.2, 0.25) is 0 Å². The molecule has 0 atom stereocenters. The van der Waals surface area contributed by atoms with E-state index in [-0.39, 0.29) is 29.8 Å². The number of thiazole rings is 1. The minimum absolute atomic E-state index is 0.150. The lowest BCUT2D eigenvalue weighted by molar-refractivity contribution is -0.137. The number of halogens is 3.